The summed E-state index contributed by atoms with van der Waals surface area (Å²) in [4.78, 5) is 6.75. The van der Waals surface area contributed by atoms with Gasteiger partial charge in [0.25, 0.3) is 0 Å². The van der Waals surface area contributed by atoms with Gasteiger partial charge in [-0.3, -0.25) is 0 Å². The van der Waals surface area contributed by atoms with E-state index in [0.29, 0.717) is 6.04 Å². The molecule has 17 heavy (non-hydrogen) atoms. The number of aryl methyl sites for hydroxylation is 1. The van der Waals surface area contributed by atoms with E-state index in [9.17, 15) is 0 Å². The minimum atomic E-state index is 0.640. The Hall–Kier alpha value is -1.25. The zero-order chi connectivity index (χ0) is 12.4. The van der Waals surface area contributed by atoms with Crippen molar-refractivity contribution in [1.29, 1.82) is 0 Å². The summed E-state index contributed by atoms with van der Waals surface area (Å²) in [6.45, 7) is 4.39. The van der Waals surface area contributed by atoms with Crippen LogP contribution in [0, 0.1) is 12.8 Å². The molecule has 1 aromatic rings. The monoisotopic (exact) mass is 233 g/mol. The second kappa shape index (κ2) is 4.94. The fourth-order valence-corrected chi connectivity index (χ4v) is 2.56. The van der Waals surface area contributed by atoms with E-state index in [1.165, 1.54) is 25.7 Å². The van der Waals surface area contributed by atoms with Gasteiger partial charge in [0.2, 0.25) is 0 Å². The number of nitrogen functional groups attached to an aromatic ring is 1. The lowest BCUT2D eigenvalue weighted by Gasteiger charge is -2.34. The van der Waals surface area contributed by atoms with Gasteiger partial charge >= 0.3 is 0 Å². The molecule has 0 radical (unpaired) electrons. The van der Waals surface area contributed by atoms with Gasteiger partial charge in [0.15, 0.2) is 0 Å². The van der Waals surface area contributed by atoms with Gasteiger partial charge in [-0.05, 0) is 50.2 Å². The topological polar surface area (TPSA) is 42.2 Å². The number of nitrogens with two attached hydrogens (primary N) is 1. The second-order valence-electron chi connectivity index (χ2n) is 5.42. The largest absolute Gasteiger partial charge is 0.397 e. The van der Waals surface area contributed by atoms with E-state index < -0.39 is 0 Å². The summed E-state index contributed by atoms with van der Waals surface area (Å²) in [6.07, 6.45) is 7.00. The van der Waals surface area contributed by atoms with Crippen LogP contribution in [-0.2, 0) is 0 Å². The molecular weight excluding hydrogens is 210 g/mol. The Morgan fingerprint density at radius 2 is 1.94 bits per heavy atom. The molecule has 2 rings (SSSR count). The zero-order valence-corrected chi connectivity index (χ0v) is 11.1. The van der Waals surface area contributed by atoms with Crippen molar-refractivity contribution in [2.45, 2.75) is 45.6 Å². The third-order valence-corrected chi connectivity index (χ3v) is 4.03. The molecule has 3 heteroatoms. The second-order valence-corrected chi connectivity index (χ2v) is 5.42. The molecule has 1 fully saturated rings. The van der Waals surface area contributed by atoms with Crippen molar-refractivity contribution in [3.05, 3.63) is 17.8 Å². The Balaban J connectivity index is 2.08. The van der Waals surface area contributed by atoms with Crippen LogP contribution in [0.25, 0.3) is 0 Å². The number of aromatic nitrogens is 1. The van der Waals surface area contributed by atoms with Crippen LogP contribution in [0.2, 0.25) is 0 Å². The molecule has 0 aromatic carbocycles. The van der Waals surface area contributed by atoms with Gasteiger partial charge < -0.3 is 10.6 Å². The zero-order valence-electron chi connectivity index (χ0n) is 11.1. The van der Waals surface area contributed by atoms with Crippen LogP contribution in [-0.4, -0.2) is 18.1 Å². The summed E-state index contributed by atoms with van der Waals surface area (Å²) in [5, 5.41) is 0. The van der Waals surface area contributed by atoms with E-state index in [4.69, 9.17) is 5.73 Å². The van der Waals surface area contributed by atoms with Gasteiger partial charge in [-0.2, -0.15) is 0 Å². The van der Waals surface area contributed by atoms with Crippen LogP contribution >= 0.6 is 0 Å². The first-order valence-corrected chi connectivity index (χ1v) is 6.53. The Bertz CT molecular complexity index is 381. The smallest absolute Gasteiger partial charge is 0.128 e. The number of pyridine rings is 1. The van der Waals surface area contributed by atoms with E-state index >= 15 is 0 Å². The minimum absolute atomic E-state index is 0.640. The van der Waals surface area contributed by atoms with Crippen molar-refractivity contribution in [3.8, 4) is 0 Å². The van der Waals surface area contributed by atoms with E-state index in [-0.39, 0.29) is 0 Å². The number of hydrogen-bond donors (Lipinski definition) is 1. The Morgan fingerprint density at radius 3 is 2.53 bits per heavy atom. The van der Waals surface area contributed by atoms with Crippen LogP contribution < -0.4 is 10.6 Å². The lowest BCUT2D eigenvalue weighted by Crippen LogP contribution is -2.35. The van der Waals surface area contributed by atoms with Gasteiger partial charge in [0.05, 0.1) is 11.9 Å². The van der Waals surface area contributed by atoms with Crippen LogP contribution in [0.5, 0.6) is 0 Å². The molecular formula is C14H23N3. The molecule has 0 amide bonds. The average molecular weight is 233 g/mol. The maximum absolute atomic E-state index is 5.80. The molecule has 1 aliphatic carbocycles. The predicted octanol–water partition coefficient (Wildman–Crippen LogP) is 2.99. The SMILES string of the molecule is Cc1cc(N(C)C2CCC(C)CC2)ncc1N. The minimum Gasteiger partial charge on any atom is -0.397 e. The maximum atomic E-state index is 5.80. The fourth-order valence-electron chi connectivity index (χ4n) is 2.56. The van der Waals surface area contributed by atoms with Gasteiger partial charge in [0, 0.05) is 13.1 Å². The van der Waals surface area contributed by atoms with Crippen molar-refractivity contribution in [3.63, 3.8) is 0 Å². The van der Waals surface area contributed by atoms with Crippen LogP contribution in [0.15, 0.2) is 12.3 Å². The summed E-state index contributed by atoms with van der Waals surface area (Å²) in [6, 6.07) is 2.73. The van der Waals surface area contributed by atoms with Crippen molar-refractivity contribution >= 4 is 11.5 Å². The summed E-state index contributed by atoms with van der Waals surface area (Å²) >= 11 is 0. The summed E-state index contributed by atoms with van der Waals surface area (Å²) in [5.41, 5.74) is 7.70. The summed E-state index contributed by atoms with van der Waals surface area (Å²) in [7, 11) is 2.15. The lowest BCUT2D eigenvalue weighted by molar-refractivity contribution is 0.340. The van der Waals surface area contributed by atoms with Crippen molar-refractivity contribution in [2.24, 2.45) is 5.92 Å². The molecule has 0 aliphatic heterocycles. The van der Waals surface area contributed by atoms with Gasteiger partial charge in [-0.1, -0.05) is 6.92 Å². The molecule has 2 N–H and O–H groups in total. The molecule has 0 spiro atoms. The van der Waals surface area contributed by atoms with Gasteiger partial charge in [-0.15, -0.1) is 0 Å². The fraction of sp³-hybridized carbons (Fsp3) is 0.643. The average Bonchev–Trinajstić information content (AvgIpc) is 2.33. The van der Waals surface area contributed by atoms with Gasteiger partial charge in [0.1, 0.15) is 5.82 Å². The Labute approximate surface area is 104 Å². The molecule has 0 bridgehead atoms. The highest BCUT2D eigenvalue weighted by atomic mass is 15.2. The van der Waals surface area contributed by atoms with E-state index in [1.807, 2.05) is 6.92 Å². The quantitative estimate of drug-likeness (QED) is 0.854. The molecule has 3 nitrogen and oxygen atoms in total. The number of nitrogens with zero attached hydrogens (tertiary/aromatic N) is 2. The third-order valence-electron chi connectivity index (χ3n) is 4.03. The van der Waals surface area contributed by atoms with Crippen molar-refractivity contribution in [2.75, 3.05) is 17.7 Å². The predicted molar refractivity (Wildman–Crippen MR) is 73.2 cm³/mol. The Kier molecular flexibility index (Phi) is 3.55. The third kappa shape index (κ3) is 2.71. The maximum Gasteiger partial charge on any atom is 0.128 e. The first-order chi connectivity index (χ1) is 8.08. The van der Waals surface area contributed by atoms with Crippen molar-refractivity contribution < 1.29 is 0 Å². The van der Waals surface area contributed by atoms with E-state index in [1.54, 1.807) is 6.20 Å². The highest BCUT2D eigenvalue weighted by Gasteiger charge is 2.22. The Morgan fingerprint density at radius 1 is 1.29 bits per heavy atom. The van der Waals surface area contributed by atoms with Crippen LogP contribution in [0.3, 0.4) is 0 Å². The van der Waals surface area contributed by atoms with Crippen LogP contribution in [0.4, 0.5) is 11.5 Å². The molecule has 0 saturated heterocycles. The summed E-state index contributed by atoms with van der Waals surface area (Å²) in [5.74, 6) is 1.94. The first-order valence-electron chi connectivity index (χ1n) is 6.53. The van der Waals surface area contributed by atoms with Crippen molar-refractivity contribution in [1.82, 2.24) is 4.98 Å². The molecule has 1 aromatic heterocycles. The summed E-state index contributed by atoms with van der Waals surface area (Å²) < 4.78 is 0. The molecule has 0 atom stereocenters. The molecule has 1 heterocycles. The number of hydrogen-bond acceptors (Lipinski definition) is 3. The highest BCUT2D eigenvalue weighted by molar-refractivity contribution is 5.52. The highest BCUT2D eigenvalue weighted by Crippen LogP contribution is 2.29. The van der Waals surface area contributed by atoms with Crippen LogP contribution in [0.1, 0.15) is 38.2 Å². The number of rotatable bonds is 2. The first kappa shape index (κ1) is 12.2. The molecule has 1 saturated carbocycles. The van der Waals surface area contributed by atoms with Gasteiger partial charge in [-0.25, -0.2) is 4.98 Å². The lowest BCUT2D eigenvalue weighted by atomic mass is 9.87. The normalized spacial score (nSPS) is 24.6. The number of anilines is 2. The molecule has 94 valence electrons. The standard InChI is InChI=1S/C14H23N3/c1-10-4-6-12(7-5-10)17(3)14-8-11(2)13(15)9-16-14/h8-10,12H,4-7,15H2,1-3H3. The van der Waals surface area contributed by atoms with E-state index in [2.05, 4.69) is 29.9 Å². The molecule has 1 aliphatic rings. The molecule has 0 unspecified atom stereocenters. The van der Waals surface area contributed by atoms with E-state index in [0.717, 1.165) is 23.0 Å².